The van der Waals surface area contributed by atoms with E-state index in [-0.39, 0.29) is 5.54 Å². The standard InChI is InChI=1S/C17H28N2O/c1-13-10-16(20-15-8-6-5-7-9-15)14(11-18-13)12-19-17(2,3)4/h10-11,15,19H,5-9,12H2,1-4H3. The maximum atomic E-state index is 6.25. The molecule has 1 aliphatic rings. The number of aryl methyl sites for hydroxylation is 1. The van der Waals surface area contributed by atoms with Gasteiger partial charge in [-0.2, -0.15) is 0 Å². The Morgan fingerprint density at radius 3 is 2.60 bits per heavy atom. The van der Waals surface area contributed by atoms with E-state index in [2.05, 4.69) is 37.1 Å². The van der Waals surface area contributed by atoms with E-state index >= 15 is 0 Å². The van der Waals surface area contributed by atoms with Crippen molar-refractivity contribution in [3.05, 3.63) is 23.5 Å². The second kappa shape index (κ2) is 6.57. The van der Waals surface area contributed by atoms with E-state index in [1.807, 2.05) is 13.1 Å². The lowest BCUT2D eigenvalue weighted by Crippen LogP contribution is -2.35. The van der Waals surface area contributed by atoms with Crippen LogP contribution in [0.15, 0.2) is 12.3 Å². The zero-order valence-electron chi connectivity index (χ0n) is 13.3. The molecule has 0 radical (unpaired) electrons. The van der Waals surface area contributed by atoms with Crippen LogP contribution in [0.4, 0.5) is 0 Å². The van der Waals surface area contributed by atoms with Gasteiger partial charge in [-0.15, -0.1) is 0 Å². The lowest BCUT2D eigenvalue weighted by Gasteiger charge is -2.26. The highest BCUT2D eigenvalue weighted by atomic mass is 16.5. The van der Waals surface area contributed by atoms with Gasteiger partial charge in [-0.05, 0) is 53.4 Å². The van der Waals surface area contributed by atoms with Crippen molar-refractivity contribution < 1.29 is 4.74 Å². The molecule has 0 saturated heterocycles. The number of aromatic nitrogens is 1. The predicted molar refractivity (Wildman–Crippen MR) is 83.1 cm³/mol. The Morgan fingerprint density at radius 1 is 1.25 bits per heavy atom. The van der Waals surface area contributed by atoms with Crippen LogP contribution in [0.3, 0.4) is 0 Å². The van der Waals surface area contributed by atoms with Crippen LogP contribution in [0.5, 0.6) is 5.75 Å². The topological polar surface area (TPSA) is 34.1 Å². The molecule has 112 valence electrons. The Balaban J connectivity index is 2.06. The van der Waals surface area contributed by atoms with Crippen LogP contribution in [0.25, 0.3) is 0 Å². The molecular weight excluding hydrogens is 248 g/mol. The zero-order chi connectivity index (χ0) is 14.6. The summed E-state index contributed by atoms with van der Waals surface area (Å²) in [7, 11) is 0. The third-order valence-electron chi connectivity index (χ3n) is 3.74. The fourth-order valence-corrected chi connectivity index (χ4v) is 2.53. The van der Waals surface area contributed by atoms with Gasteiger partial charge in [-0.25, -0.2) is 0 Å². The van der Waals surface area contributed by atoms with Gasteiger partial charge in [0.1, 0.15) is 5.75 Å². The van der Waals surface area contributed by atoms with Crippen molar-refractivity contribution in [1.82, 2.24) is 10.3 Å². The van der Waals surface area contributed by atoms with E-state index < -0.39 is 0 Å². The Labute approximate surface area is 123 Å². The Morgan fingerprint density at radius 2 is 1.95 bits per heavy atom. The van der Waals surface area contributed by atoms with Crippen LogP contribution in [0.1, 0.15) is 64.1 Å². The number of nitrogens with one attached hydrogen (secondary N) is 1. The average molecular weight is 276 g/mol. The molecule has 0 spiro atoms. The molecule has 1 aliphatic carbocycles. The van der Waals surface area contributed by atoms with Gasteiger partial charge in [0, 0.05) is 35.6 Å². The van der Waals surface area contributed by atoms with Gasteiger partial charge in [0.05, 0.1) is 6.10 Å². The summed E-state index contributed by atoms with van der Waals surface area (Å²) in [5.41, 5.74) is 2.29. The molecule has 20 heavy (non-hydrogen) atoms. The molecule has 3 nitrogen and oxygen atoms in total. The van der Waals surface area contributed by atoms with E-state index in [0.29, 0.717) is 6.10 Å². The third kappa shape index (κ3) is 4.78. The van der Waals surface area contributed by atoms with Gasteiger partial charge in [-0.3, -0.25) is 4.98 Å². The van der Waals surface area contributed by atoms with Crippen LogP contribution in [0.2, 0.25) is 0 Å². The van der Waals surface area contributed by atoms with Crippen molar-refractivity contribution in [2.75, 3.05) is 0 Å². The van der Waals surface area contributed by atoms with Crippen molar-refractivity contribution in [3.63, 3.8) is 0 Å². The van der Waals surface area contributed by atoms with Crippen LogP contribution in [-0.2, 0) is 6.54 Å². The van der Waals surface area contributed by atoms with E-state index in [0.717, 1.165) is 23.6 Å². The molecule has 1 heterocycles. The Kier molecular flexibility index (Phi) is 5.03. The highest BCUT2D eigenvalue weighted by molar-refractivity contribution is 5.33. The number of nitrogens with zero attached hydrogens (tertiary/aromatic N) is 1. The summed E-state index contributed by atoms with van der Waals surface area (Å²) in [5, 5.41) is 3.52. The number of hydrogen-bond donors (Lipinski definition) is 1. The van der Waals surface area contributed by atoms with Crippen molar-refractivity contribution in [2.45, 2.75) is 78.0 Å². The maximum Gasteiger partial charge on any atom is 0.127 e. The second-order valence-electron chi connectivity index (χ2n) is 6.91. The number of rotatable bonds is 4. The SMILES string of the molecule is Cc1cc(OC2CCCCC2)c(CNC(C)(C)C)cn1. The van der Waals surface area contributed by atoms with Crippen LogP contribution >= 0.6 is 0 Å². The first-order valence-electron chi connectivity index (χ1n) is 7.81. The van der Waals surface area contributed by atoms with E-state index in [1.54, 1.807) is 0 Å². The molecule has 0 atom stereocenters. The highest BCUT2D eigenvalue weighted by Crippen LogP contribution is 2.26. The average Bonchev–Trinajstić information content (AvgIpc) is 2.38. The first kappa shape index (κ1) is 15.3. The lowest BCUT2D eigenvalue weighted by atomic mass is 9.97. The van der Waals surface area contributed by atoms with Crippen LogP contribution in [-0.4, -0.2) is 16.6 Å². The fourth-order valence-electron chi connectivity index (χ4n) is 2.53. The summed E-state index contributed by atoms with van der Waals surface area (Å²) in [5.74, 6) is 1.01. The molecule has 2 rings (SSSR count). The molecule has 1 saturated carbocycles. The molecule has 1 aromatic heterocycles. The smallest absolute Gasteiger partial charge is 0.127 e. The van der Waals surface area contributed by atoms with Gasteiger partial charge in [-0.1, -0.05) is 6.42 Å². The monoisotopic (exact) mass is 276 g/mol. The number of ether oxygens (including phenoxy) is 1. The highest BCUT2D eigenvalue weighted by Gasteiger charge is 2.17. The quantitative estimate of drug-likeness (QED) is 0.903. The first-order chi connectivity index (χ1) is 9.44. The molecule has 1 aromatic rings. The molecule has 0 amide bonds. The molecule has 0 aromatic carbocycles. The minimum absolute atomic E-state index is 0.104. The van der Waals surface area contributed by atoms with Crippen molar-refractivity contribution in [3.8, 4) is 5.75 Å². The summed E-state index contributed by atoms with van der Waals surface area (Å²) in [6.45, 7) is 9.36. The summed E-state index contributed by atoms with van der Waals surface area (Å²) in [6, 6.07) is 2.08. The van der Waals surface area contributed by atoms with Crippen molar-refractivity contribution in [2.24, 2.45) is 0 Å². The summed E-state index contributed by atoms with van der Waals surface area (Å²) in [4.78, 5) is 4.41. The largest absolute Gasteiger partial charge is 0.490 e. The molecule has 3 heteroatoms. The minimum atomic E-state index is 0.104. The molecule has 0 aliphatic heterocycles. The first-order valence-corrected chi connectivity index (χ1v) is 7.81. The normalized spacial score (nSPS) is 17.2. The summed E-state index contributed by atoms with van der Waals surface area (Å²) in [6.07, 6.45) is 8.66. The van der Waals surface area contributed by atoms with E-state index in [9.17, 15) is 0 Å². The maximum absolute atomic E-state index is 6.25. The predicted octanol–water partition coefficient (Wildman–Crippen LogP) is 3.99. The van der Waals surface area contributed by atoms with Gasteiger partial charge < -0.3 is 10.1 Å². The van der Waals surface area contributed by atoms with Crippen molar-refractivity contribution >= 4 is 0 Å². The van der Waals surface area contributed by atoms with Crippen molar-refractivity contribution in [1.29, 1.82) is 0 Å². The van der Waals surface area contributed by atoms with Gasteiger partial charge in [0.25, 0.3) is 0 Å². The van der Waals surface area contributed by atoms with Gasteiger partial charge in [0.2, 0.25) is 0 Å². The zero-order valence-corrected chi connectivity index (χ0v) is 13.3. The third-order valence-corrected chi connectivity index (χ3v) is 3.74. The van der Waals surface area contributed by atoms with Crippen LogP contribution < -0.4 is 10.1 Å². The van der Waals surface area contributed by atoms with Gasteiger partial charge in [0.15, 0.2) is 0 Å². The molecule has 0 bridgehead atoms. The van der Waals surface area contributed by atoms with E-state index in [1.165, 1.54) is 32.1 Å². The molecular formula is C17H28N2O. The molecule has 1 N–H and O–H groups in total. The molecule has 0 unspecified atom stereocenters. The van der Waals surface area contributed by atoms with E-state index in [4.69, 9.17) is 4.74 Å². The number of hydrogen-bond acceptors (Lipinski definition) is 3. The van der Waals surface area contributed by atoms with Gasteiger partial charge >= 0.3 is 0 Å². The Bertz CT molecular complexity index is 431. The summed E-state index contributed by atoms with van der Waals surface area (Å²) < 4.78 is 6.25. The molecule has 1 fully saturated rings. The fraction of sp³-hybridized carbons (Fsp3) is 0.706. The Hall–Kier alpha value is -1.09. The van der Waals surface area contributed by atoms with Crippen LogP contribution in [0, 0.1) is 6.92 Å². The summed E-state index contributed by atoms with van der Waals surface area (Å²) >= 11 is 0. The lowest BCUT2D eigenvalue weighted by molar-refractivity contribution is 0.153. The second-order valence-corrected chi connectivity index (χ2v) is 6.91. The minimum Gasteiger partial charge on any atom is -0.490 e. The number of pyridine rings is 1.